The Bertz CT molecular complexity index is 599. The SMILES string of the molecule is COc1cc(CNc2ccccc2Cl)ccc1OC(C)C. The molecule has 2 aromatic carbocycles. The first-order chi connectivity index (χ1) is 10.1. The lowest BCUT2D eigenvalue weighted by atomic mass is 10.2. The Kier molecular flexibility index (Phi) is 5.34. The van der Waals surface area contributed by atoms with Crippen LogP contribution in [0.15, 0.2) is 42.5 Å². The van der Waals surface area contributed by atoms with Crippen LogP contribution in [0.5, 0.6) is 11.5 Å². The highest BCUT2D eigenvalue weighted by molar-refractivity contribution is 6.33. The Morgan fingerprint density at radius 2 is 1.86 bits per heavy atom. The molecule has 0 aliphatic carbocycles. The third-order valence-corrected chi connectivity index (χ3v) is 3.28. The van der Waals surface area contributed by atoms with E-state index in [1.165, 1.54) is 0 Å². The zero-order valence-corrected chi connectivity index (χ0v) is 13.3. The summed E-state index contributed by atoms with van der Waals surface area (Å²) in [4.78, 5) is 0. The fourth-order valence-electron chi connectivity index (χ4n) is 1.98. The van der Waals surface area contributed by atoms with Gasteiger partial charge in [0.15, 0.2) is 11.5 Å². The van der Waals surface area contributed by atoms with Crippen molar-refractivity contribution in [1.82, 2.24) is 0 Å². The van der Waals surface area contributed by atoms with Gasteiger partial charge in [-0.05, 0) is 43.7 Å². The van der Waals surface area contributed by atoms with Crippen LogP contribution in [0, 0.1) is 0 Å². The minimum absolute atomic E-state index is 0.117. The second-order valence-corrected chi connectivity index (χ2v) is 5.39. The van der Waals surface area contributed by atoms with E-state index in [9.17, 15) is 0 Å². The summed E-state index contributed by atoms with van der Waals surface area (Å²) in [7, 11) is 1.65. The molecule has 2 rings (SSSR count). The number of rotatable bonds is 6. The monoisotopic (exact) mass is 305 g/mol. The van der Waals surface area contributed by atoms with E-state index in [4.69, 9.17) is 21.1 Å². The van der Waals surface area contributed by atoms with E-state index in [1.54, 1.807) is 7.11 Å². The summed E-state index contributed by atoms with van der Waals surface area (Å²) in [6, 6.07) is 13.6. The third kappa shape index (κ3) is 4.30. The molecule has 0 atom stereocenters. The lowest BCUT2D eigenvalue weighted by molar-refractivity contribution is 0.230. The van der Waals surface area contributed by atoms with Gasteiger partial charge in [-0.25, -0.2) is 0 Å². The number of anilines is 1. The van der Waals surface area contributed by atoms with Crippen LogP contribution < -0.4 is 14.8 Å². The van der Waals surface area contributed by atoms with Crippen LogP contribution in [0.1, 0.15) is 19.4 Å². The van der Waals surface area contributed by atoms with Crippen LogP contribution in [0.25, 0.3) is 0 Å². The lowest BCUT2D eigenvalue weighted by Crippen LogP contribution is -2.07. The summed E-state index contributed by atoms with van der Waals surface area (Å²) in [6.45, 7) is 4.65. The number of halogens is 1. The van der Waals surface area contributed by atoms with Gasteiger partial charge in [-0.1, -0.05) is 29.8 Å². The van der Waals surface area contributed by atoms with Crippen molar-refractivity contribution in [2.75, 3.05) is 12.4 Å². The van der Waals surface area contributed by atoms with E-state index in [1.807, 2.05) is 56.3 Å². The number of hydrogen-bond acceptors (Lipinski definition) is 3. The fourth-order valence-corrected chi connectivity index (χ4v) is 2.18. The standard InChI is InChI=1S/C17H20ClNO2/c1-12(2)21-16-9-8-13(10-17(16)20-3)11-19-15-7-5-4-6-14(15)18/h4-10,12,19H,11H2,1-3H3. The van der Waals surface area contributed by atoms with Crippen LogP contribution in [-0.4, -0.2) is 13.2 Å². The smallest absolute Gasteiger partial charge is 0.161 e. The molecule has 0 amide bonds. The van der Waals surface area contributed by atoms with Gasteiger partial charge in [-0.3, -0.25) is 0 Å². The molecule has 2 aromatic rings. The summed E-state index contributed by atoms with van der Waals surface area (Å²) in [5.41, 5.74) is 2.02. The molecule has 112 valence electrons. The number of para-hydroxylation sites is 1. The van der Waals surface area contributed by atoms with E-state index in [-0.39, 0.29) is 6.10 Å². The molecular weight excluding hydrogens is 286 g/mol. The van der Waals surface area contributed by atoms with Crippen LogP contribution in [0.2, 0.25) is 5.02 Å². The highest BCUT2D eigenvalue weighted by Gasteiger charge is 2.08. The van der Waals surface area contributed by atoms with Crippen molar-refractivity contribution in [3.8, 4) is 11.5 Å². The second-order valence-electron chi connectivity index (χ2n) is 4.99. The zero-order valence-electron chi connectivity index (χ0n) is 12.5. The highest BCUT2D eigenvalue weighted by Crippen LogP contribution is 2.29. The van der Waals surface area contributed by atoms with Crippen molar-refractivity contribution in [3.05, 3.63) is 53.1 Å². The molecule has 0 aliphatic heterocycles. The van der Waals surface area contributed by atoms with Gasteiger partial charge in [0.1, 0.15) is 0 Å². The van der Waals surface area contributed by atoms with E-state index in [2.05, 4.69) is 5.32 Å². The van der Waals surface area contributed by atoms with Crippen LogP contribution in [-0.2, 0) is 6.54 Å². The first-order valence-electron chi connectivity index (χ1n) is 6.92. The Labute approximate surface area is 130 Å². The molecular formula is C17H20ClNO2. The molecule has 4 heteroatoms. The average Bonchev–Trinajstić information content (AvgIpc) is 2.47. The number of ether oxygens (including phenoxy) is 2. The average molecular weight is 306 g/mol. The Morgan fingerprint density at radius 3 is 2.52 bits per heavy atom. The van der Waals surface area contributed by atoms with Gasteiger partial charge in [0.25, 0.3) is 0 Å². The molecule has 3 nitrogen and oxygen atoms in total. The molecule has 0 fully saturated rings. The van der Waals surface area contributed by atoms with Gasteiger partial charge in [-0.2, -0.15) is 0 Å². The molecule has 0 spiro atoms. The minimum Gasteiger partial charge on any atom is -0.493 e. The predicted molar refractivity (Wildman–Crippen MR) is 87.5 cm³/mol. The minimum atomic E-state index is 0.117. The van der Waals surface area contributed by atoms with Gasteiger partial charge in [0, 0.05) is 6.54 Å². The van der Waals surface area contributed by atoms with E-state index < -0.39 is 0 Å². The maximum absolute atomic E-state index is 6.12. The first-order valence-corrected chi connectivity index (χ1v) is 7.30. The molecule has 21 heavy (non-hydrogen) atoms. The van der Waals surface area contributed by atoms with Crippen LogP contribution in [0.3, 0.4) is 0 Å². The molecule has 0 saturated heterocycles. The van der Waals surface area contributed by atoms with E-state index in [0.717, 1.165) is 22.7 Å². The largest absolute Gasteiger partial charge is 0.493 e. The Balaban J connectivity index is 2.09. The molecule has 0 unspecified atom stereocenters. The quantitative estimate of drug-likeness (QED) is 0.835. The summed E-state index contributed by atoms with van der Waals surface area (Å²) >= 11 is 6.12. The van der Waals surface area contributed by atoms with Crippen molar-refractivity contribution in [1.29, 1.82) is 0 Å². The summed E-state index contributed by atoms with van der Waals surface area (Å²) in [5.74, 6) is 1.50. The zero-order chi connectivity index (χ0) is 15.2. The molecule has 0 radical (unpaired) electrons. The van der Waals surface area contributed by atoms with Crippen molar-refractivity contribution in [2.24, 2.45) is 0 Å². The lowest BCUT2D eigenvalue weighted by Gasteiger charge is -2.15. The molecule has 0 heterocycles. The number of methoxy groups -OCH3 is 1. The van der Waals surface area contributed by atoms with E-state index in [0.29, 0.717) is 11.6 Å². The van der Waals surface area contributed by atoms with Crippen molar-refractivity contribution < 1.29 is 9.47 Å². The maximum atomic E-state index is 6.12. The fraction of sp³-hybridized carbons (Fsp3) is 0.294. The Morgan fingerprint density at radius 1 is 1.10 bits per heavy atom. The second kappa shape index (κ2) is 7.23. The van der Waals surface area contributed by atoms with Gasteiger partial charge in [0.2, 0.25) is 0 Å². The molecule has 0 saturated carbocycles. The maximum Gasteiger partial charge on any atom is 0.161 e. The van der Waals surface area contributed by atoms with E-state index >= 15 is 0 Å². The summed E-state index contributed by atoms with van der Waals surface area (Å²) in [6.07, 6.45) is 0.117. The van der Waals surface area contributed by atoms with Gasteiger partial charge in [0.05, 0.1) is 23.9 Å². The predicted octanol–water partition coefficient (Wildman–Crippen LogP) is 4.75. The normalized spacial score (nSPS) is 10.5. The number of nitrogens with one attached hydrogen (secondary N) is 1. The van der Waals surface area contributed by atoms with Gasteiger partial charge in [-0.15, -0.1) is 0 Å². The molecule has 0 bridgehead atoms. The summed E-state index contributed by atoms with van der Waals surface area (Å²) in [5, 5.41) is 4.02. The number of hydrogen-bond donors (Lipinski definition) is 1. The van der Waals surface area contributed by atoms with Crippen molar-refractivity contribution in [3.63, 3.8) is 0 Å². The highest BCUT2D eigenvalue weighted by atomic mass is 35.5. The van der Waals surface area contributed by atoms with Crippen molar-refractivity contribution >= 4 is 17.3 Å². The first kappa shape index (κ1) is 15.5. The topological polar surface area (TPSA) is 30.5 Å². The summed E-state index contributed by atoms with van der Waals surface area (Å²) < 4.78 is 11.1. The third-order valence-electron chi connectivity index (χ3n) is 2.95. The molecule has 1 N–H and O–H groups in total. The molecule has 0 aromatic heterocycles. The van der Waals surface area contributed by atoms with Crippen molar-refractivity contribution in [2.45, 2.75) is 26.5 Å². The Hall–Kier alpha value is -1.87. The van der Waals surface area contributed by atoms with Crippen LogP contribution >= 0.6 is 11.6 Å². The number of benzene rings is 2. The van der Waals surface area contributed by atoms with Gasteiger partial charge >= 0.3 is 0 Å². The van der Waals surface area contributed by atoms with Crippen LogP contribution in [0.4, 0.5) is 5.69 Å². The van der Waals surface area contributed by atoms with Gasteiger partial charge < -0.3 is 14.8 Å². The molecule has 0 aliphatic rings.